The van der Waals surface area contributed by atoms with Crippen LogP contribution in [0.15, 0.2) is 53.0 Å². The lowest BCUT2D eigenvalue weighted by molar-refractivity contribution is -0.137. The summed E-state index contributed by atoms with van der Waals surface area (Å²) in [6.45, 7) is -0.308. The van der Waals surface area contributed by atoms with Crippen molar-refractivity contribution in [1.29, 1.82) is 0 Å². The number of aliphatic hydroxyl groups is 1. The van der Waals surface area contributed by atoms with Crippen LogP contribution >= 0.6 is 15.9 Å². The van der Waals surface area contributed by atoms with Gasteiger partial charge in [-0.15, -0.1) is 0 Å². The molecule has 1 atom stereocenters. The molecular formula is C15H13BrF3NO. The van der Waals surface area contributed by atoms with E-state index in [4.69, 9.17) is 0 Å². The number of hydrogen-bond donors (Lipinski definition) is 2. The normalized spacial score (nSPS) is 13.0. The first-order valence-electron chi connectivity index (χ1n) is 6.21. The molecular weight excluding hydrogens is 347 g/mol. The molecule has 0 heterocycles. The van der Waals surface area contributed by atoms with Crippen molar-refractivity contribution in [2.75, 3.05) is 11.9 Å². The number of nitrogens with one attached hydrogen (secondary N) is 1. The SMILES string of the molecule is OCC(Nc1ccc(Br)cc1C(F)(F)F)c1ccccc1. The van der Waals surface area contributed by atoms with Gasteiger partial charge in [0.15, 0.2) is 0 Å². The minimum atomic E-state index is -4.47. The van der Waals surface area contributed by atoms with Gasteiger partial charge in [-0.05, 0) is 23.8 Å². The van der Waals surface area contributed by atoms with E-state index in [0.717, 1.165) is 11.6 Å². The van der Waals surface area contributed by atoms with Crippen molar-refractivity contribution < 1.29 is 18.3 Å². The number of alkyl halides is 3. The number of aliphatic hydroxyl groups excluding tert-OH is 1. The van der Waals surface area contributed by atoms with Crippen LogP contribution in [0.4, 0.5) is 18.9 Å². The molecule has 0 saturated carbocycles. The zero-order valence-electron chi connectivity index (χ0n) is 10.9. The third kappa shape index (κ3) is 3.98. The van der Waals surface area contributed by atoms with Crippen molar-refractivity contribution in [3.63, 3.8) is 0 Å². The molecule has 0 radical (unpaired) electrons. The van der Waals surface area contributed by atoms with Crippen LogP contribution in [0.25, 0.3) is 0 Å². The van der Waals surface area contributed by atoms with E-state index in [2.05, 4.69) is 21.2 Å². The van der Waals surface area contributed by atoms with Crippen LogP contribution in [0, 0.1) is 0 Å². The van der Waals surface area contributed by atoms with Crippen molar-refractivity contribution in [3.05, 3.63) is 64.1 Å². The predicted molar refractivity (Wildman–Crippen MR) is 79.0 cm³/mol. The maximum Gasteiger partial charge on any atom is 0.418 e. The molecule has 0 amide bonds. The fraction of sp³-hybridized carbons (Fsp3) is 0.200. The Balaban J connectivity index is 2.34. The average Bonchev–Trinajstić information content (AvgIpc) is 2.46. The van der Waals surface area contributed by atoms with E-state index >= 15 is 0 Å². The van der Waals surface area contributed by atoms with Crippen LogP contribution in [-0.4, -0.2) is 11.7 Å². The Morgan fingerprint density at radius 2 is 1.76 bits per heavy atom. The van der Waals surface area contributed by atoms with E-state index in [1.165, 1.54) is 12.1 Å². The van der Waals surface area contributed by atoms with Crippen LogP contribution < -0.4 is 5.32 Å². The summed E-state index contributed by atoms with van der Waals surface area (Å²) in [6, 6.07) is 12.1. The van der Waals surface area contributed by atoms with Gasteiger partial charge in [-0.1, -0.05) is 46.3 Å². The van der Waals surface area contributed by atoms with Gasteiger partial charge in [0.05, 0.1) is 18.2 Å². The topological polar surface area (TPSA) is 32.3 Å². The fourth-order valence-electron chi connectivity index (χ4n) is 1.98. The van der Waals surface area contributed by atoms with Gasteiger partial charge in [0.1, 0.15) is 0 Å². The van der Waals surface area contributed by atoms with Crippen molar-refractivity contribution in [3.8, 4) is 0 Å². The predicted octanol–water partition coefficient (Wildman–Crippen LogP) is 4.61. The Labute approximate surface area is 128 Å². The third-order valence-corrected chi connectivity index (χ3v) is 3.49. The number of halogens is 4. The molecule has 0 aliphatic heterocycles. The summed E-state index contributed by atoms with van der Waals surface area (Å²) in [5.41, 5.74) is -0.115. The van der Waals surface area contributed by atoms with E-state index in [1.54, 1.807) is 30.3 Å². The number of hydrogen-bond acceptors (Lipinski definition) is 2. The molecule has 21 heavy (non-hydrogen) atoms. The van der Waals surface area contributed by atoms with Gasteiger partial charge in [-0.25, -0.2) is 0 Å². The Morgan fingerprint density at radius 1 is 1.10 bits per heavy atom. The second-order valence-corrected chi connectivity index (χ2v) is 5.39. The van der Waals surface area contributed by atoms with Gasteiger partial charge in [-0.2, -0.15) is 13.2 Å². The molecule has 2 aromatic carbocycles. The quantitative estimate of drug-likeness (QED) is 0.835. The van der Waals surface area contributed by atoms with Crippen LogP contribution in [-0.2, 0) is 6.18 Å². The fourth-order valence-corrected chi connectivity index (χ4v) is 2.35. The lowest BCUT2D eigenvalue weighted by Gasteiger charge is -2.21. The monoisotopic (exact) mass is 359 g/mol. The molecule has 0 aliphatic rings. The maximum absolute atomic E-state index is 13.1. The zero-order chi connectivity index (χ0) is 15.5. The first-order valence-corrected chi connectivity index (χ1v) is 7.00. The van der Waals surface area contributed by atoms with Crippen LogP contribution in [0.3, 0.4) is 0 Å². The molecule has 0 bridgehead atoms. The molecule has 0 aliphatic carbocycles. The maximum atomic E-state index is 13.1. The van der Waals surface area contributed by atoms with Gasteiger partial charge >= 0.3 is 6.18 Å². The molecule has 112 valence electrons. The minimum absolute atomic E-state index is 0.0615. The van der Waals surface area contributed by atoms with E-state index in [-0.39, 0.29) is 12.3 Å². The molecule has 0 fully saturated rings. The summed E-state index contributed by atoms with van der Waals surface area (Å²) in [6.07, 6.45) is -4.47. The number of rotatable bonds is 4. The molecule has 2 aromatic rings. The summed E-state index contributed by atoms with van der Waals surface area (Å²) < 4.78 is 39.5. The lowest BCUT2D eigenvalue weighted by atomic mass is 10.1. The Kier molecular flexibility index (Phi) is 4.90. The van der Waals surface area contributed by atoms with E-state index < -0.39 is 17.8 Å². The standard InChI is InChI=1S/C15H13BrF3NO/c16-11-6-7-13(12(8-11)15(17,18)19)20-14(9-21)10-4-2-1-3-5-10/h1-8,14,20-21H,9H2. The minimum Gasteiger partial charge on any atom is -0.394 e. The van der Waals surface area contributed by atoms with E-state index in [9.17, 15) is 18.3 Å². The van der Waals surface area contributed by atoms with Crippen LogP contribution in [0.1, 0.15) is 17.2 Å². The Hall–Kier alpha value is -1.53. The molecule has 1 unspecified atom stereocenters. The first kappa shape index (κ1) is 15.9. The smallest absolute Gasteiger partial charge is 0.394 e. The zero-order valence-corrected chi connectivity index (χ0v) is 12.4. The summed E-state index contributed by atoms with van der Waals surface area (Å²) in [5.74, 6) is 0. The molecule has 0 saturated heterocycles. The molecule has 0 spiro atoms. The van der Waals surface area contributed by atoms with Crippen molar-refractivity contribution in [2.24, 2.45) is 0 Å². The second-order valence-electron chi connectivity index (χ2n) is 4.48. The summed E-state index contributed by atoms with van der Waals surface area (Å²) in [7, 11) is 0. The van der Waals surface area contributed by atoms with Crippen LogP contribution in [0.2, 0.25) is 0 Å². The second kappa shape index (κ2) is 6.49. The highest BCUT2D eigenvalue weighted by molar-refractivity contribution is 9.10. The third-order valence-electron chi connectivity index (χ3n) is 3.00. The molecule has 6 heteroatoms. The lowest BCUT2D eigenvalue weighted by Crippen LogP contribution is -2.18. The van der Waals surface area contributed by atoms with E-state index in [1.807, 2.05) is 0 Å². The van der Waals surface area contributed by atoms with E-state index in [0.29, 0.717) is 4.47 Å². The van der Waals surface area contributed by atoms with Gasteiger partial charge in [-0.3, -0.25) is 0 Å². The first-order chi connectivity index (χ1) is 9.91. The highest BCUT2D eigenvalue weighted by Crippen LogP contribution is 2.37. The largest absolute Gasteiger partial charge is 0.418 e. The van der Waals surface area contributed by atoms with Crippen molar-refractivity contribution in [2.45, 2.75) is 12.2 Å². The van der Waals surface area contributed by atoms with Crippen molar-refractivity contribution >= 4 is 21.6 Å². The van der Waals surface area contributed by atoms with Crippen LogP contribution in [0.5, 0.6) is 0 Å². The summed E-state index contributed by atoms with van der Waals surface area (Å²) in [5, 5.41) is 12.2. The summed E-state index contributed by atoms with van der Waals surface area (Å²) >= 11 is 3.04. The molecule has 0 aromatic heterocycles. The molecule has 2 rings (SSSR count). The Bertz CT molecular complexity index is 602. The highest BCUT2D eigenvalue weighted by atomic mass is 79.9. The van der Waals surface area contributed by atoms with Crippen molar-refractivity contribution in [1.82, 2.24) is 0 Å². The molecule has 2 N–H and O–H groups in total. The van der Waals surface area contributed by atoms with Gasteiger partial charge in [0.25, 0.3) is 0 Å². The Morgan fingerprint density at radius 3 is 2.33 bits per heavy atom. The molecule has 2 nitrogen and oxygen atoms in total. The highest BCUT2D eigenvalue weighted by Gasteiger charge is 2.34. The average molecular weight is 360 g/mol. The van der Waals surface area contributed by atoms with Gasteiger partial charge in [0, 0.05) is 10.2 Å². The van der Waals surface area contributed by atoms with Gasteiger partial charge in [0.2, 0.25) is 0 Å². The number of anilines is 1. The summed E-state index contributed by atoms with van der Waals surface area (Å²) in [4.78, 5) is 0. The van der Waals surface area contributed by atoms with Gasteiger partial charge < -0.3 is 10.4 Å². The number of benzene rings is 2.